The van der Waals surface area contributed by atoms with Crippen molar-refractivity contribution < 1.29 is 9.53 Å². The lowest BCUT2D eigenvalue weighted by Gasteiger charge is -2.09. The van der Waals surface area contributed by atoms with Crippen molar-refractivity contribution in [2.24, 2.45) is 0 Å². The first kappa shape index (κ1) is 17.7. The Morgan fingerprint density at radius 3 is 2.36 bits per heavy atom. The summed E-state index contributed by atoms with van der Waals surface area (Å²) in [6, 6.07) is 27.0. The van der Waals surface area contributed by atoms with Gasteiger partial charge in [-0.25, -0.2) is 4.79 Å². The maximum Gasteiger partial charge on any atom is 0.345 e. The predicted molar refractivity (Wildman–Crippen MR) is 110 cm³/mol. The van der Waals surface area contributed by atoms with Gasteiger partial charge in [-0.1, -0.05) is 60.7 Å². The predicted octanol–water partition coefficient (Wildman–Crippen LogP) is 5.38. The number of esters is 1. The Morgan fingerprint density at radius 1 is 0.857 bits per heavy atom. The topological polar surface area (TPSA) is 44.1 Å². The SMILES string of the molecule is Cc1cccc(-n2nc(-c3ccccc3)cc2OC(=O)c2ccccc2C)c1. The highest BCUT2D eigenvalue weighted by Crippen LogP contribution is 2.27. The van der Waals surface area contributed by atoms with E-state index in [1.807, 2.05) is 86.6 Å². The highest BCUT2D eigenvalue weighted by Gasteiger charge is 2.18. The van der Waals surface area contributed by atoms with Crippen LogP contribution in [-0.4, -0.2) is 15.7 Å². The lowest BCUT2D eigenvalue weighted by Crippen LogP contribution is -2.13. The molecule has 4 nitrogen and oxygen atoms in total. The highest BCUT2D eigenvalue weighted by atomic mass is 16.5. The molecule has 0 atom stereocenters. The summed E-state index contributed by atoms with van der Waals surface area (Å²) in [7, 11) is 0. The van der Waals surface area contributed by atoms with Crippen LogP contribution in [0.15, 0.2) is 84.9 Å². The van der Waals surface area contributed by atoms with Gasteiger partial charge in [0.1, 0.15) is 0 Å². The number of rotatable bonds is 4. The van der Waals surface area contributed by atoms with Crippen LogP contribution in [0.2, 0.25) is 0 Å². The van der Waals surface area contributed by atoms with Crippen LogP contribution < -0.4 is 4.74 Å². The number of aromatic nitrogens is 2. The number of carbonyl (C=O) groups is 1. The van der Waals surface area contributed by atoms with E-state index in [-0.39, 0.29) is 0 Å². The van der Waals surface area contributed by atoms with Crippen LogP contribution in [0, 0.1) is 13.8 Å². The number of benzene rings is 3. The average molecular weight is 368 g/mol. The molecule has 0 saturated heterocycles. The summed E-state index contributed by atoms with van der Waals surface area (Å²) < 4.78 is 7.44. The maximum absolute atomic E-state index is 12.8. The Bertz CT molecular complexity index is 1130. The van der Waals surface area contributed by atoms with Gasteiger partial charge in [-0.3, -0.25) is 0 Å². The zero-order valence-electron chi connectivity index (χ0n) is 15.8. The van der Waals surface area contributed by atoms with Crippen molar-refractivity contribution in [3.05, 3.63) is 102 Å². The Labute approximate surface area is 164 Å². The Balaban J connectivity index is 1.77. The minimum absolute atomic E-state index is 0.387. The van der Waals surface area contributed by atoms with E-state index in [1.54, 1.807) is 16.8 Å². The van der Waals surface area contributed by atoms with Crippen molar-refractivity contribution in [2.45, 2.75) is 13.8 Å². The fraction of sp³-hybridized carbons (Fsp3) is 0.0833. The second-order valence-electron chi connectivity index (χ2n) is 6.69. The van der Waals surface area contributed by atoms with Gasteiger partial charge in [0.15, 0.2) is 0 Å². The first-order chi connectivity index (χ1) is 13.6. The molecule has 138 valence electrons. The number of hydrogen-bond donors (Lipinski definition) is 0. The fourth-order valence-corrected chi connectivity index (χ4v) is 3.08. The minimum atomic E-state index is -0.397. The molecule has 3 aromatic carbocycles. The summed E-state index contributed by atoms with van der Waals surface area (Å²) in [5, 5.41) is 4.70. The summed E-state index contributed by atoms with van der Waals surface area (Å²) in [6.07, 6.45) is 0. The standard InChI is InChI=1S/C24H20N2O2/c1-17-9-8-13-20(15-17)26-23(16-22(25-26)19-11-4-3-5-12-19)28-24(27)21-14-7-6-10-18(21)2/h3-16H,1-2H3. The van der Waals surface area contributed by atoms with Crippen LogP contribution in [-0.2, 0) is 0 Å². The number of ether oxygens (including phenoxy) is 1. The molecule has 1 aromatic heterocycles. The van der Waals surface area contributed by atoms with Crippen LogP contribution in [0.25, 0.3) is 16.9 Å². The van der Waals surface area contributed by atoms with E-state index in [0.717, 1.165) is 28.1 Å². The Morgan fingerprint density at radius 2 is 1.61 bits per heavy atom. The largest absolute Gasteiger partial charge is 0.404 e. The molecule has 0 bridgehead atoms. The highest BCUT2D eigenvalue weighted by molar-refractivity contribution is 5.92. The van der Waals surface area contributed by atoms with Gasteiger partial charge in [0.2, 0.25) is 5.88 Å². The van der Waals surface area contributed by atoms with E-state index in [1.165, 1.54) is 0 Å². The van der Waals surface area contributed by atoms with Crippen molar-refractivity contribution in [3.63, 3.8) is 0 Å². The van der Waals surface area contributed by atoms with Crippen molar-refractivity contribution in [2.75, 3.05) is 0 Å². The smallest absolute Gasteiger partial charge is 0.345 e. The molecule has 4 rings (SSSR count). The molecule has 4 heteroatoms. The zero-order valence-corrected chi connectivity index (χ0v) is 15.8. The van der Waals surface area contributed by atoms with Gasteiger partial charge in [0.25, 0.3) is 0 Å². The van der Waals surface area contributed by atoms with Crippen LogP contribution in [0.4, 0.5) is 0 Å². The number of nitrogens with zero attached hydrogens (tertiary/aromatic N) is 2. The molecular formula is C24H20N2O2. The monoisotopic (exact) mass is 368 g/mol. The number of hydrogen-bond acceptors (Lipinski definition) is 3. The maximum atomic E-state index is 12.8. The quantitative estimate of drug-likeness (QED) is 0.455. The molecule has 0 radical (unpaired) electrons. The van der Waals surface area contributed by atoms with Gasteiger partial charge in [-0.05, 0) is 43.2 Å². The van der Waals surface area contributed by atoms with E-state index in [0.29, 0.717) is 11.4 Å². The second kappa shape index (κ2) is 7.53. The zero-order chi connectivity index (χ0) is 19.5. The van der Waals surface area contributed by atoms with Crippen LogP contribution >= 0.6 is 0 Å². The summed E-state index contributed by atoms with van der Waals surface area (Å²) >= 11 is 0. The summed E-state index contributed by atoms with van der Waals surface area (Å²) in [5.74, 6) is -0.00998. The summed E-state index contributed by atoms with van der Waals surface area (Å²) in [6.45, 7) is 3.91. The van der Waals surface area contributed by atoms with Crippen LogP contribution in [0.5, 0.6) is 5.88 Å². The molecule has 0 aliphatic heterocycles. The second-order valence-corrected chi connectivity index (χ2v) is 6.69. The summed E-state index contributed by atoms with van der Waals surface area (Å²) in [5.41, 5.74) is 5.06. The molecule has 0 aliphatic rings. The summed E-state index contributed by atoms with van der Waals surface area (Å²) in [4.78, 5) is 12.8. The molecule has 28 heavy (non-hydrogen) atoms. The van der Waals surface area contributed by atoms with Gasteiger partial charge >= 0.3 is 5.97 Å². The van der Waals surface area contributed by atoms with E-state index in [2.05, 4.69) is 0 Å². The van der Waals surface area contributed by atoms with Gasteiger partial charge in [0, 0.05) is 11.6 Å². The van der Waals surface area contributed by atoms with Gasteiger partial charge in [0.05, 0.1) is 16.9 Å². The lowest BCUT2D eigenvalue weighted by atomic mass is 10.1. The molecule has 0 unspecified atom stereocenters. The lowest BCUT2D eigenvalue weighted by molar-refractivity contribution is 0.0722. The molecule has 0 spiro atoms. The van der Waals surface area contributed by atoms with Crippen LogP contribution in [0.3, 0.4) is 0 Å². The number of aryl methyl sites for hydroxylation is 2. The normalized spacial score (nSPS) is 10.6. The van der Waals surface area contributed by atoms with Gasteiger partial charge in [-0.15, -0.1) is 0 Å². The molecule has 0 N–H and O–H groups in total. The van der Waals surface area contributed by atoms with Crippen molar-refractivity contribution in [3.8, 4) is 22.8 Å². The van der Waals surface area contributed by atoms with Gasteiger partial charge < -0.3 is 4.74 Å². The molecule has 0 saturated carbocycles. The van der Waals surface area contributed by atoms with Crippen molar-refractivity contribution >= 4 is 5.97 Å². The third kappa shape index (κ3) is 3.58. The van der Waals surface area contributed by atoms with E-state index < -0.39 is 5.97 Å². The number of carbonyl (C=O) groups excluding carboxylic acids is 1. The molecule has 0 aliphatic carbocycles. The average Bonchev–Trinajstić information content (AvgIpc) is 3.13. The van der Waals surface area contributed by atoms with Crippen molar-refractivity contribution in [1.82, 2.24) is 9.78 Å². The molecular weight excluding hydrogens is 348 g/mol. The van der Waals surface area contributed by atoms with Gasteiger partial charge in [-0.2, -0.15) is 9.78 Å². The fourth-order valence-electron chi connectivity index (χ4n) is 3.08. The molecule has 0 amide bonds. The molecule has 0 fully saturated rings. The first-order valence-electron chi connectivity index (χ1n) is 9.12. The Hall–Kier alpha value is -3.66. The minimum Gasteiger partial charge on any atom is -0.404 e. The van der Waals surface area contributed by atoms with E-state index in [4.69, 9.17) is 9.84 Å². The first-order valence-corrected chi connectivity index (χ1v) is 9.12. The third-order valence-corrected chi connectivity index (χ3v) is 4.55. The van der Waals surface area contributed by atoms with E-state index >= 15 is 0 Å². The third-order valence-electron chi connectivity index (χ3n) is 4.55. The van der Waals surface area contributed by atoms with Crippen LogP contribution in [0.1, 0.15) is 21.5 Å². The molecule has 1 heterocycles. The van der Waals surface area contributed by atoms with E-state index in [9.17, 15) is 4.79 Å². The molecule has 4 aromatic rings. The Kier molecular flexibility index (Phi) is 4.77. The van der Waals surface area contributed by atoms with Crippen molar-refractivity contribution in [1.29, 1.82) is 0 Å².